The molecule has 1 N–H and O–H groups in total. The van der Waals surface area contributed by atoms with Crippen molar-refractivity contribution in [2.45, 2.75) is 44.9 Å². The van der Waals surface area contributed by atoms with Crippen molar-refractivity contribution < 1.29 is 9.53 Å². The van der Waals surface area contributed by atoms with E-state index in [4.69, 9.17) is 4.74 Å². The summed E-state index contributed by atoms with van der Waals surface area (Å²) in [7, 11) is 0. The molecule has 0 atom stereocenters. The first kappa shape index (κ1) is 16.0. The summed E-state index contributed by atoms with van der Waals surface area (Å²) < 4.78 is 5.51. The van der Waals surface area contributed by atoms with Crippen LogP contribution in [0, 0.1) is 6.92 Å². The normalized spacial score (nSPS) is 15.3. The first-order valence-electron chi connectivity index (χ1n) is 8.15. The number of nitrogens with one attached hydrogen (secondary N) is 1. The van der Waals surface area contributed by atoms with Crippen LogP contribution in [0.5, 0.6) is 5.75 Å². The number of nitrogens with zero attached hydrogens (tertiary/aromatic N) is 1. The number of benzene rings is 1. The van der Waals surface area contributed by atoms with Gasteiger partial charge in [-0.25, -0.2) is 4.98 Å². The van der Waals surface area contributed by atoms with Crippen LogP contribution in [0.1, 0.15) is 49.3 Å². The lowest BCUT2D eigenvalue weighted by atomic mass is 9.87. The van der Waals surface area contributed by atoms with E-state index in [2.05, 4.69) is 15.7 Å². The van der Waals surface area contributed by atoms with Gasteiger partial charge in [-0.15, -0.1) is 11.3 Å². The summed E-state index contributed by atoms with van der Waals surface area (Å²) in [4.78, 5) is 16.6. The van der Waals surface area contributed by atoms with E-state index in [1.54, 1.807) is 0 Å². The van der Waals surface area contributed by atoms with Crippen molar-refractivity contribution in [2.75, 3.05) is 11.9 Å². The number of amides is 1. The van der Waals surface area contributed by atoms with Crippen molar-refractivity contribution in [2.24, 2.45) is 0 Å². The second-order valence-corrected chi connectivity index (χ2v) is 6.92. The van der Waals surface area contributed by atoms with Crippen molar-refractivity contribution >= 4 is 22.4 Å². The van der Waals surface area contributed by atoms with Gasteiger partial charge in [0.2, 0.25) is 0 Å². The van der Waals surface area contributed by atoms with Gasteiger partial charge in [-0.2, -0.15) is 0 Å². The van der Waals surface area contributed by atoms with Gasteiger partial charge < -0.3 is 4.74 Å². The molecule has 1 aliphatic carbocycles. The predicted octanol–water partition coefficient (Wildman–Crippen LogP) is 4.52. The monoisotopic (exact) mass is 330 g/mol. The van der Waals surface area contributed by atoms with E-state index >= 15 is 0 Å². The summed E-state index contributed by atoms with van der Waals surface area (Å²) >= 11 is 1.50. The Bertz CT molecular complexity index is 663. The largest absolute Gasteiger partial charge is 0.484 e. The second-order valence-electron chi connectivity index (χ2n) is 6.07. The van der Waals surface area contributed by atoms with Crippen LogP contribution >= 0.6 is 11.3 Å². The fourth-order valence-electron chi connectivity index (χ4n) is 2.94. The highest BCUT2D eigenvalue weighted by Crippen LogP contribution is 2.34. The average Bonchev–Trinajstić information content (AvgIpc) is 3.02. The molecule has 1 aromatic heterocycles. The van der Waals surface area contributed by atoms with Crippen LogP contribution in [-0.2, 0) is 4.79 Å². The molecule has 1 heterocycles. The molecule has 1 saturated carbocycles. The topological polar surface area (TPSA) is 51.2 Å². The fraction of sp³-hybridized carbons (Fsp3) is 0.444. The van der Waals surface area contributed by atoms with Gasteiger partial charge in [-0.1, -0.05) is 31.4 Å². The molecular weight excluding hydrogens is 308 g/mol. The molecule has 0 spiro atoms. The number of anilines is 1. The average molecular weight is 330 g/mol. The number of aryl methyl sites for hydroxylation is 1. The van der Waals surface area contributed by atoms with Crippen LogP contribution < -0.4 is 10.1 Å². The molecule has 23 heavy (non-hydrogen) atoms. The Morgan fingerprint density at radius 2 is 2.17 bits per heavy atom. The SMILES string of the molecule is Cc1cccc(OCC(=O)Nc2nc(C3CCCCC3)cs2)c1. The van der Waals surface area contributed by atoms with Crippen LogP contribution in [0.25, 0.3) is 0 Å². The van der Waals surface area contributed by atoms with Gasteiger partial charge >= 0.3 is 0 Å². The molecule has 0 unspecified atom stereocenters. The Kier molecular flexibility index (Phi) is 5.28. The minimum atomic E-state index is -0.170. The smallest absolute Gasteiger partial charge is 0.264 e. The minimum absolute atomic E-state index is 0.00178. The van der Waals surface area contributed by atoms with Gasteiger partial charge in [0.1, 0.15) is 5.75 Å². The second kappa shape index (κ2) is 7.59. The molecular formula is C18H22N2O2S. The number of hydrogen-bond acceptors (Lipinski definition) is 4. The van der Waals surface area contributed by atoms with Gasteiger partial charge in [-0.3, -0.25) is 10.1 Å². The van der Waals surface area contributed by atoms with Gasteiger partial charge in [0.05, 0.1) is 5.69 Å². The van der Waals surface area contributed by atoms with Gasteiger partial charge in [0.25, 0.3) is 5.91 Å². The molecule has 5 heteroatoms. The van der Waals surface area contributed by atoms with E-state index in [0.29, 0.717) is 16.8 Å². The lowest BCUT2D eigenvalue weighted by Gasteiger charge is -2.19. The van der Waals surface area contributed by atoms with Crippen LogP contribution in [0.2, 0.25) is 0 Å². The number of rotatable bonds is 5. The number of aromatic nitrogens is 1. The van der Waals surface area contributed by atoms with Crippen molar-refractivity contribution in [1.29, 1.82) is 0 Å². The summed E-state index contributed by atoms with van der Waals surface area (Å²) in [5.41, 5.74) is 2.24. The zero-order valence-corrected chi connectivity index (χ0v) is 14.2. The standard InChI is InChI=1S/C18H22N2O2S/c1-13-6-5-9-15(10-13)22-11-17(21)20-18-19-16(12-23-18)14-7-3-2-4-8-14/h5-6,9-10,12,14H,2-4,7-8,11H2,1H3,(H,19,20,21). The Balaban J connectivity index is 1.50. The molecule has 1 amide bonds. The summed E-state index contributed by atoms with van der Waals surface area (Å²) in [6.07, 6.45) is 6.34. The fourth-order valence-corrected chi connectivity index (χ4v) is 3.75. The molecule has 0 aliphatic heterocycles. The number of hydrogen-bond donors (Lipinski definition) is 1. The van der Waals surface area contributed by atoms with Gasteiger partial charge in [0, 0.05) is 11.3 Å². The Morgan fingerprint density at radius 3 is 2.96 bits per heavy atom. The highest BCUT2D eigenvalue weighted by molar-refractivity contribution is 7.13. The van der Waals surface area contributed by atoms with E-state index < -0.39 is 0 Å². The van der Waals surface area contributed by atoms with Crippen molar-refractivity contribution in [3.8, 4) is 5.75 Å². The van der Waals surface area contributed by atoms with Crippen LogP contribution in [0.3, 0.4) is 0 Å². The number of carbonyl (C=O) groups is 1. The Hall–Kier alpha value is -1.88. The first-order chi connectivity index (χ1) is 11.2. The minimum Gasteiger partial charge on any atom is -0.484 e. The quantitative estimate of drug-likeness (QED) is 0.877. The lowest BCUT2D eigenvalue weighted by molar-refractivity contribution is -0.118. The summed E-state index contributed by atoms with van der Waals surface area (Å²) in [5, 5.41) is 5.58. The maximum Gasteiger partial charge on any atom is 0.264 e. The van der Waals surface area contributed by atoms with Crippen molar-refractivity contribution in [3.63, 3.8) is 0 Å². The number of ether oxygens (including phenoxy) is 1. The molecule has 122 valence electrons. The zero-order chi connectivity index (χ0) is 16.1. The molecule has 4 nitrogen and oxygen atoms in total. The molecule has 1 aliphatic rings. The maximum atomic E-state index is 12.0. The van der Waals surface area contributed by atoms with Crippen molar-refractivity contribution in [1.82, 2.24) is 4.98 Å². The summed E-state index contributed by atoms with van der Waals surface area (Å²) in [6.45, 7) is 2.00. The molecule has 1 aromatic carbocycles. The molecule has 2 aromatic rings. The number of thiazole rings is 1. The molecule has 0 saturated heterocycles. The highest BCUT2D eigenvalue weighted by atomic mass is 32.1. The highest BCUT2D eigenvalue weighted by Gasteiger charge is 2.18. The molecule has 1 fully saturated rings. The van der Waals surface area contributed by atoms with Crippen molar-refractivity contribution in [3.05, 3.63) is 40.9 Å². The van der Waals surface area contributed by atoms with Crippen LogP contribution in [-0.4, -0.2) is 17.5 Å². The van der Waals surface area contributed by atoms with E-state index in [0.717, 1.165) is 11.3 Å². The van der Waals surface area contributed by atoms with E-state index in [9.17, 15) is 4.79 Å². The summed E-state index contributed by atoms with van der Waals surface area (Å²) in [5.74, 6) is 1.10. The maximum absolute atomic E-state index is 12.0. The zero-order valence-electron chi connectivity index (χ0n) is 13.4. The summed E-state index contributed by atoms with van der Waals surface area (Å²) in [6, 6.07) is 7.68. The molecule has 0 bridgehead atoms. The Labute approximate surface area is 140 Å². The third-order valence-electron chi connectivity index (χ3n) is 4.15. The van der Waals surface area contributed by atoms with Crippen LogP contribution in [0.15, 0.2) is 29.6 Å². The third kappa shape index (κ3) is 4.55. The molecule has 3 rings (SSSR count). The predicted molar refractivity (Wildman–Crippen MR) is 93.2 cm³/mol. The van der Waals surface area contributed by atoms with Gasteiger partial charge in [-0.05, 0) is 37.5 Å². The number of carbonyl (C=O) groups excluding carboxylic acids is 1. The third-order valence-corrected chi connectivity index (χ3v) is 4.93. The Morgan fingerprint density at radius 1 is 1.35 bits per heavy atom. The van der Waals surface area contributed by atoms with Gasteiger partial charge in [0.15, 0.2) is 11.7 Å². The molecule has 0 radical (unpaired) electrons. The first-order valence-corrected chi connectivity index (χ1v) is 9.03. The van der Waals surface area contributed by atoms with E-state index in [-0.39, 0.29) is 12.5 Å². The van der Waals surface area contributed by atoms with E-state index in [1.807, 2.05) is 31.2 Å². The van der Waals surface area contributed by atoms with Crippen LogP contribution in [0.4, 0.5) is 5.13 Å². The van der Waals surface area contributed by atoms with E-state index in [1.165, 1.54) is 43.4 Å². The lowest BCUT2D eigenvalue weighted by Crippen LogP contribution is -2.20.